The molecule has 1 fully saturated rings. The molecule has 1 aliphatic carbocycles. The van der Waals surface area contributed by atoms with Crippen LogP contribution in [0, 0.1) is 0 Å². The first-order chi connectivity index (χ1) is 14.6. The van der Waals surface area contributed by atoms with E-state index in [-0.39, 0.29) is 5.79 Å². The Morgan fingerprint density at radius 1 is 0.548 bits per heavy atom. The quantitative estimate of drug-likeness (QED) is 0.389. The molecule has 2 rings (SSSR count). The van der Waals surface area contributed by atoms with Crippen molar-refractivity contribution in [2.75, 3.05) is 13.2 Å². The molecule has 0 aromatic heterocycles. The van der Waals surface area contributed by atoms with Crippen LogP contribution in [0.25, 0.3) is 0 Å². The van der Waals surface area contributed by atoms with Crippen LogP contribution in [0.1, 0.15) is 89.9 Å². The molecular weight excluding hydrogens is 420 g/mol. The van der Waals surface area contributed by atoms with Gasteiger partial charge in [-0.2, -0.15) is 0 Å². The van der Waals surface area contributed by atoms with Gasteiger partial charge in [0, 0.05) is 25.7 Å². The van der Waals surface area contributed by atoms with Crippen molar-refractivity contribution < 1.29 is 18.3 Å². The molecule has 0 radical (unpaired) electrons. The van der Waals surface area contributed by atoms with Gasteiger partial charge in [-0.1, -0.05) is 38.5 Å². The van der Waals surface area contributed by atoms with Gasteiger partial charge >= 0.3 is 0 Å². The van der Waals surface area contributed by atoms with Crippen molar-refractivity contribution in [3.05, 3.63) is 11.5 Å². The van der Waals surface area contributed by atoms with Crippen LogP contribution in [0.3, 0.4) is 0 Å². The van der Waals surface area contributed by atoms with Crippen LogP contribution in [0.4, 0.5) is 0 Å². The lowest BCUT2D eigenvalue weighted by molar-refractivity contribution is -0.168. The molecule has 1 aliphatic heterocycles. The molecule has 0 aromatic carbocycles. The molecule has 31 heavy (non-hydrogen) atoms. The second-order valence-corrected chi connectivity index (χ2v) is 20.3. The van der Waals surface area contributed by atoms with Gasteiger partial charge in [0.1, 0.15) is 11.5 Å². The first-order valence-corrected chi connectivity index (χ1v) is 19.8. The average molecular weight is 471 g/mol. The average Bonchev–Trinajstić information content (AvgIpc) is 3.11. The van der Waals surface area contributed by atoms with Gasteiger partial charge in [-0.05, 0) is 65.0 Å². The summed E-state index contributed by atoms with van der Waals surface area (Å²) in [7, 11) is -3.32. The maximum Gasteiger partial charge on any atom is 0.241 e. The van der Waals surface area contributed by atoms with Crippen LogP contribution < -0.4 is 0 Å². The second kappa shape index (κ2) is 12.8. The maximum atomic E-state index is 6.61. The van der Waals surface area contributed by atoms with Crippen molar-refractivity contribution in [1.29, 1.82) is 0 Å². The van der Waals surface area contributed by atoms with Gasteiger partial charge in [-0.3, -0.25) is 0 Å². The summed E-state index contributed by atoms with van der Waals surface area (Å²) in [5.74, 6) is 2.09. The third-order valence-corrected chi connectivity index (χ3v) is 7.62. The highest BCUT2D eigenvalue weighted by Gasteiger charge is 2.35. The summed E-state index contributed by atoms with van der Waals surface area (Å²) in [6, 6.07) is 0. The van der Waals surface area contributed by atoms with Crippen LogP contribution in [0.15, 0.2) is 11.5 Å². The number of hydrogen-bond acceptors (Lipinski definition) is 4. The van der Waals surface area contributed by atoms with Crippen LogP contribution in [0.5, 0.6) is 0 Å². The molecule has 182 valence electrons. The molecule has 1 saturated heterocycles. The zero-order chi connectivity index (χ0) is 22.8. The number of allylic oxidation sites excluding steroid dienone is 2. The molecule has 0 bridgehead atoms. The van der Waals surface area contributed by atoms with E-state index in [0.717, 1.165) is 38.9 Å². The highest BCUT2D eigenvalue weighted by Crippen LogP contribution is 2.33. The lowest BCUT2D eigenvalue weighted by Crippen LogP contribution is -2.30. The first kappa shape index (κ1) is 26.9. The fraction of sp³-hybridized carbons (Fsp3) is 0.920. The molecule has 0 saturated carbocycles. The Hall–Kier alpha value is -0.306. The minimum Gasteiger partial charge on any atom is -0.545 e. The fourth-order valence-corrected chi connectivity index (χ4v) is 6.48. The summed E-state index contributed by atoms with van der Waals surface area (Å²) >= 11 is 0. The normalized spacial score (nSPS) is 25.9. The molecule has 0 amide bonds. The minimum atomic E-state index is -1.66. The molecule has 0 unspecified atom stereocenters. The van der Waals surface area contributed by atoms with Gasteiger partial charge in [0.15, 0.2) is 5.79 Å². The highest BCUT2D eigenvalue weighted by atomic mass is 28.4. The standard InChI is InChI=1S/C25H50O4Si2/c1-30(2,3)28-23-17-13-9-7-11-15-19-25(26-21-22-27-25)20-16-12-8-10-14-18-24(23)29-31(4,5)6/h7-22H2,1-6H3/b24-23-. The minimum absolute atomic E-state index is 0.272. The lowest BCUT2D eigenvalue weighted by Gasteiger charge is -2.29. The lowest BCUT2D eigenvalue weighted by atomic mass is 9.99. The van der Waals surface area contributed by atoms with Crippen molar-refractivity contribution in [3.8, 4) is 0 Å². The number of ether oxygens (including phenoxy) is 2. The fourth-order valence-electron chi connectivity index (χ4n) is 4.57. The first-order valence-electron chi connectivity index (χ1n) is 13.0. The molecule has 0 atom stereocenters. The molecule has 0 N–H and O–H groups in total. The van der Waals surface area contributed by atoms with E-state index < -0.39 is 16.6 Å². The third-order valence-electron chi connectivity index (χ3n) is 5.91. The molecular formula is C25H50O4Si2. The van der Waals surface area contributed by atoms with Gasteiger partial charge in [0.05, 0.1) is 13.2 Å². The smallest absolute Gasteiger partial charge is 0.241 e. The molecule has 0 aromatic rings. The summed E-state index contributed by atoms with van der Waals surface area (Å²) < 4.78 is 25.4. The highest BCUT2D eigenvalue weighted by molar-refractivity contribution is 6.70. The predicted molar refractivity (Wildman–Crippen MR) is 135 cm³/mol. The molecule has 6 heteroatoms. The van der Waals surface area contributed by atoms with Crippen LogP contribution in [-0.2, 0) is 18.3 Å². The van der Waals surface area contributed by atoms with E-state index in [4.69, 9.17) is 18.3 Å². The predicted octanol–water partition coefficient (Wildman–Crippen LogP) is 8.12. The van der Waals surface area contributed by atoms with E-state index in [1.54, 1.807) is 0 Å². The van der Waals surface area contributed by atoms with Gasteiger partial charge in [0.25, 0.3) is 0 Å². The van der Waals surface area contributed by atoms with Gasteiger partial charge in [0.2, 0.25) is 16.6 Å². The topological polar surface area (TPSA) is 36.9 Å². The van der Waals surface area contributed by atoms with Crippen molar-refractivity contribution in [1.82, 2.24) is 0 Å². The third kappa shape index (κ3) is 11.4. The van der Waals surface area contributed by atoms with E-state index >= 15 is 0 Å². The van der Waals surface area contributed by atoms with Crippen LogP contribution in [0.2, 0.25) is 39.3 Å². The van der Waals surface area contributed by atoms with Crippen molar-refractivity contribution >= 4 is 16.6 Å². The summed E-state index contributed by atoms with van der Waals surface area (Å²) in [5.41, 5.74) is 0. The molecule has 4 nitrogen and oxygen atoms in total. The van der Waals surface area contributed by atoms with Gasteiger partial charge < -0.3 is 18.3 Å². The van der Waals surface area contributed by atoms with E-state index in [9.17, 15) is 0 Å². The van der Waals surface area contributed by atoms with Gasteiger partial charge in [-0.15, -0.1) is 0 Å². The van der Waals surface area contributed by atoms with E-state index in [1.807, 2.05) is 0 Å². The zero-order valence-corrected chi connectivity index (χ0v) is 23.4. The Bertz CT molecular complexity index is 501. The maximum absolute atomic E-state index is 6.61. The summed E-state index contributed by atoms with van der Waals surface area (Å²) in [5, 5.41) is 0. The van der Waals surface area contributed by atoms with Crippen molar-refractivity contribution in [3.63, 3.8) is 0 Å². The Labute approximate surface area is 194 Å². The van der Waals surface area contributed by atoms with Crippen molar-refractivity contribution in [2.45, 2.75) is 135 Å². The Balaban J connectivity index is 2.04. The number of hydrogen-bond donors (Lipinski definition) is 0. The monoisotopic (exact) mass is 470 g/mol. The van der Waals surface area contributed by atoms with Gasteiger partial charge in [-0.25, -0.2) is 0 Å². The Kier molecular flexibility index (Phi) is 11.1. The summed E-state index contributed by atoms with van der Waals surface area (Å²) in [6.07, 6.45) is 16.6. The number of rotatable bonds is 4. The second-order valence-electron chi connectivity index (χ2n) is 11.4. The van der Waals surface area contributed by atoms with Crippen LogP contribution >= 0.6 is 0 Å². The van der Waals surface area contributed by atoms with Crippen LogP contribution in [-0.4, -0.2) is 35.6 Å². The largest absolute Gasteiger partial charge is 0.545 e. The molecule has 1 spiro atoms. The van der Waals surface area contributed by atoms with E-state index in [1.165, 1.54) is 75.7 Å². The van der Waals surface area contributed by atoms with Crippen molar-refractivity contribution in [2.24, 2.45) is 0 Å². The SMILES string of the molecule is C[Si](C)(C)O/C1=C(\O[Si](C)(C)C)CCCCCCCC2(CCCCCCC1)OCCO2. The van der Waals surface area contributed by atoms with E-state index in [0.29, 0.717) is 0 Å². The summed E-state index contributed by atoms with van der Waals surface area (Å²) in [4.78, 5) is 0. The molecule has 2 aliphatic rings. The van der Waals surface area contributed by atoms with E-state index in [2.05, 4.69) is 39.3 Å². The Morgan fingerprint density at radius 2 is 0.903 bits per heavy atom. The zero-order valence-electron chi connectivity index (χ0n) is 21.4. The summed E-state index contributed by atoms with van der Waals surface area (Å²) in [6.45, 7) is 15.3. The molecule has 1 heterocycles. The Morgan fingerprint density at radius 3 is 1.29 bits per heavy atom.